The van der Waals surface area contributed by atoms with E-state index < -0.39 is 47.1 Å². The van der Waals surface area contributed by atoms with E-state index in [1.54, 1.807) is 0 Å². The zero-order valence-electron chi connectivity index (χ0n) is 22.8. The molecule has 1 aliphatic carbocycles. The van der Waals surface area contributed by atoms with Crippen LogP contribution in [0.1, 0.15) is 44.1 Å². The number of rotatable bonds is 11. The first-order chi connectivity index (χ1) is 19.7. The average Bonchev–Trinajstić information content (AvgIpc) is 3.59. The molecule has 0 radical (unpaired) electrons. The van der Waals surface area contributed by atoms with Crippen molar-refractivity contribution in [3.8, 4) is 5.75 Å². The fourth-order valence-corrected chi connectivity index (χ4v) is 7.38. The predicted octanol–water partition coefficient (Wildman–Crippen LogP) is 3.36. The molecule has 3 N–H and O–H groups in total. The summed E-state index contributed by atoms with van der Waals surface area (Å²) in [6.45, 7) is 0.0893. The summed E-state index contributed by atoms with van der Waals surface area (Å²) in [6, 6.07) is 12.7. The van der Waals surface area contributed by atoms with Gasteiger partial charge in [-0.1, -0.05) is 54.1 Å². The zero-order valence-corrected chi connectivity index (χ0v) is 23.6. The zero-order chi connectivity index (χ0) is 29.0. The lowest BCUT2D eigenvalue weighted by molar-refractivity contribution is -0.159. The van der Waals surface area contributed by atoms with Gasteiger partial charge in [-0.05, 0) is 55.5 Å². The van der Waals surface area contributed by atoms with Gasteiger partial charge < -0.3 is 24.8 Å². The Balaban J connectivity index is 1.47. The molecule has 0 bridgehead atoms. The smallest absolute Gasteiger partial charge is 0.407 e. The van der Waals surface area contributed by atoms with Crippen molar-refractivity contribution in [1.82, 2.24) is 9.37 Å². The first-order valence-corrected chi connectivity index (χ1v) is 15.6. The van der Waals surface area contributed by atoms with E-state index in [-0.39, 0.29) is 35.7 Å². The van der Waals surface area contributed by atoms with Crippen LogP contribution in [0.25, 0.3) is 0 Å². The number of benzene rings is 2. The summed E-state index contributed by atoms with van der Waals surface area (Å²) in [6.07, 6.45) is 1.43. The van der Waals surface area contributed by atoms with E-state index in [0.29, 0.717) is 25.9 Å². The van der Waals surface area contributed by atoms with Gasteiger partial charge in [-0.15, -0.1) is 0 Å². The van der Waals surface area contributed by atoms with Crippen LogP contribution in [0.15, 0.2) is 59.5 Å². The molecule has 1 saturated carbocycles. The van der Waals surface area contributed by atoms with Crippen LogP contribution in [0.5, 0.6) is 5.75 Å². The normalized spacial score (nSPS) is 24.7. The van der Waals surface area contributed by atoms with E-state index in [0.717, 1.165) is 29.3 Å². The van der Waals surface area contributed by atoms with Gasteiger partial charge in [0, 0.05) is 5.92 Å². The average molecular weight is 591 g/mol. The molecule has 2 aliphatic heterocycles. The molecule has 5 rings (SSSR count). The van der Waals surface area contributed by atoms with Crippen molar-refractivity contribution in [1.29, 1.82) is 0 Å². The Kier molecular flexibility index (Phi) is 9.47. The number of aliphatic hydroxyl groups is 1. The van der Waals surface area contributed by atoms with Crippen molar-refractivity contribution in [2.24, 2.45) is 5.92 Å². The van der Waals surface area contributed by atoms with Crippen molar-refractivity contribution in [3.63, 3.8) is 0 Å². The largest absolute Gasteiger partial charge is 0.508 e. The van der Waals surface area contributed by atoms with Gasteiger partial charge in [-0.25, -0.2) is 13.2 Å². The van der Waals surface area contributed by atoms with Crippen LogP contribution in [0.2, 0.25) is 0 Å². The molecular weight excluding hydrogens is 552 g/mol. The highest BCUT2D eigenvalue weighted by molar-refractivity contribution is 7.89. The molecule has 2 aromatic carbocycles. The highest BCUT2D eigenvalue weighted by Crippen LogP contribution is 2.36. The van der Waals surface area contributed by atoms with Crippen LogP contribution < -0.4 is 0 Å². The lowest BCUT2D eigenvalue weighted by Crippen LogP contribution is -2.57. The van der Waals surface area contributed by atoms with Gasteiger partial charge >= 0.3 is 6.09 Å². The Morgan fingerprint density at radius 2 is 1.71 bits per heavy atom. The molecule has 11 nitrogen and oxygen atoms in total. The molecular formula is C29H38N2O9S. The molecule has 2 heterocycles. The molecule has 3 fully saturated rings. The highest BCUT2D eigenvalue weighted by Gasteiger charge is 2.49. The maximum atomic E-state index is 13.8. The summed E-state index contributed by atoms with van der Waals surface area (Å²) >= 11 is 0. The van der Waals surface area contributed by atoms with Crippen molar-refractivity contribution in [2.45, 2.75) is 80.4 Å². The molecule has 3 aliphatic rings. The summed E-state index contributed by atoms with van der Waals surface area (Å²) in [5.74, 6) is -0.274. The minimum atomic E-state index is -4.27. The van der Waals surface area contributed by atoms with Gasteiger partial charge in [-0.2, -0.15) is 0 Å². The third-order valence-electron chi connectivity index (χ3n) is 8.23. The molecule has 2 aromatic rings. The summed E-state index contributed by atoms with van der Waals surface area (Å²) in [5.41, 5.74) is 0.794. The fraction of sp³-hybridized carbons (Fsp3) is 0.552. The third kappa shape index (κ3) is 6.85. The number of fused-ring (bicyclic) bond motifs is 1. The Morgan fingerprint density at radius 3 is 2.39 bits per heavy atom. The molecule has 5 atom stereocenters. The van der Waals surface area contributed by atoms with E-state index in [1.807, 2.05) is 30.3 Å². The molecule has 0 spiro atoms. The van der Waals surface area contributed by atoms with Gasteiger partial charge in [0.1, 0.15) is 5.75 Å². The van der Waals surface area contributed by atoms with E-state index in [9.17, 15) is 28.5 Å². The first kappa shape index (κ1) is 29.7. The second-order valence-electron chi connectivity index (χ2n) is 11.0. The van der Waals surface area contributed by atoms with Crippen molar-refractivity contribution in [3.05, 3.63) is 60.2 Å². The number of carbonyl (C=O) groups is 1. The number of amides is 1. The van der Waals surface area contributed by atoms with Crippen molar-refractivity contribution >= 4 is 16.1 Å². The van der Waals surface area contributed by atoms with Crippen LogP contribution in [0.3, 0.4) is 0 Å². The van der Waals surface area contributed by atoms with Crippen LogP contribution in [-0.4, -0.2) is 89.5 Å². The first-order valence-electron chi connectivity index (χ1n) is 14.2. The van der Waals surface area contributed by atoms with Crippen LogP contribution in [0, 0.1) is 5.92 Å². The van der Waals surface area contributed by atoms with Gasteiger partial charge in [-0.3, -0.25) is 9.74 Å². The SMILES string of the molecule is O=C(O)N([C@H]1CO[C@H]2OCC[C@H]21)[C@@H](Cc1ccccc1)[C@H](O)CN(OC1CCCCC1)S(=O)(=O)c1ccc(O)cc1. The standard InChI is InChI=1S/C29H38N2O9S/c32-21-11-13-23(14-12-21)41(36,37)30(40-22-9-5-2-6-10-22)18-27(33)25(17-20-7-3-1-4-8-20)31(29(34)35)26-19-39-28-24(26)15-16-38-28/h1,3-4,7-8,11-14,22,24-28,32-33H,2,5-6,9-10,15-19H2,(H,34,35)/t24-,25-,26-,27+,28+/m0/s1. The number of hydroxylamine groups is 1. The second kappa shape index (κ2) is 13.1. The van der Waals surface area contributed by atoms with Crippen molar-refractivity contribution in [2.75, 3.05) is 19.8 Å². The van der Waals surface area contributed by atoms with Crippen LogP contribution >= 0.6 is 0 Å². The summed E-state index contributed by atoms with van der Waals surface area (Å²) in [7, 11) is -4.27. The fourth-order valence-electron chi connectivity index (χ4n) is 6.08. The lowest BCUT2D eigenvalue weighted by atomic mass is 9.93. The van der Waals surface area contributed by atoms with E-state index >= 15 is 0 Å². The molecule has 0 unspecified atom stereocenters. The van der Waals surface area contributed by atoms with E-state index in [1.165, 1.54) is 29.2 Å². The summed E-state index contributed by atoms with van der Waals surface area (Å²) < 4.78 is 39.7. The highest BCUT2D eigenvalue weighted by atomic mass is 32.2. The maximum Gasteiger partial charge on any atom is 0.407 e. The predicted molar refractivity (Wildman–Crippen MR) is 147 cm³/mol. The number of aromatic hydroxyl groups is 1. The molecule has 41 heavy (non-hydrogen) atoms. The monoisotopic (exact) mass is 590 g/mol. The second-order valence-corrected chi connectivity index (χ2v) is 12.8. The number of phenols is 1. The number of phenolic OH excluding ortho intramolecular Hbond substituents is 1. The van der Waals surface area contributed by atoms with E-state index in [2.05, 4.69) is 0 Å². The molecule has 2 saturated heterocycles. The quantitative estimate of drug-likeness (QED) is 0.335. The molecule has 224 valence electrons. The number of hydrogen-bond acceptors (Lipinski definition) is 8. The van der Waals surface area contributed by atoms with Crippen molar-refractivity contribution < 1.29 is 42.8 Å². The van der Waals surface area contributed by atoms with Gasteiger partial charge in [0.05, 0.1) is 48.9 Å². The van der Waals surface area contributed by atoms with Crippen LogP contribution in [0.4, 0.5) is 4.79 Å². The lowest BCUT2D eigenvalue weighted by Gasteiger charge is -2.39. The summed E-state index contributed by atoms with van der Waals surface area (Å²) in [4.78, 5) is 20.0. The minimum absolute atomic E-state index is 0.0864. The van der Waals surface area contributed by atoms with Gasteiger partial charge in [0.15, 0.2) is 6.29 Å². The topological polar surface area (TPSA) is 146 Å². The number of carboxylic acid groups (broad SMARTS) is 1. The Hall–Kier alpha value is -2.74. The summed E-state index contributed by atoms with van der Waals surface area (Å²) in [5, 5.41) is 31.9. The Morgan fingerprint density at radius 1 is 1.00 bits per heavy atom. The molecule has 0 aromatic heterocycles. The third-order valence-corrected chi connectivity index (χ3v) is 9.87. The number of sulfonamides is 1. The molecule has 1 amide bonds. The Bertz CT molecular complexity index is 1250. The van der Waals surface area contributed by atoms with Crippen LogP contribution in [-0.2, 0) is 30.8 Å². The number of hydrogen-bond donors (Lipinski definition) is 3. The minimum Gasteiger partial charge on any atom is -0.508 e. The number of ether oxygens (including phenoxy) is 2. The Labute approximate surface area is 240 Å². The maximum absolute atomic E-state index is 13.8. The van der Waals surface area contributed by atoms with Gasteiger partial charge in [0.25, 0.3) is 10.0 Å². The molecule has 12 heteroatoms. The van der Waals surface area contributed by atoms with E-state index in [4.69, 9.17) is 14.3 Å². The number of aliphatic hydroxyl groups excluding tert-OH is 1. The van der Waals surface area contributed by atoms with Gasteiger partial charge in [0.2, 0.25) is 0 Å². The number of nitrogens with zero attached hydrogens (tertiary/aromatic N) is 2.